The molecule has 2 aromatic carbocycles. The van der Waals surface area contributed by atoms with E-state index in [-0.39, 0.29) is 23.0 Å². The van der Waals surface area contributed by atoms with Gasteiger partial charge in [-0.15, -0.1) is 0 Å². The van der Waals surface area contributed by atoms with Gasteiger partial charge in [-0.05, 0) is 56.1 Å². The van der Waals surface area contributed by atoms with Crippen LogP contribution in [0.2, 0.25) is 0 Å². The van der Waals surface area contributed by atoms with Crippen molar-refractivity contribution in [2.75, 3.05) is 0 Å². The molecule has 0 fully saturated rings. The number of benzene rings is 2. The van der Waals surface area contributed by atoms with Gasteiger partial charge < -0.3 is 20.4 Å². The summed E-state index contributed by atoms with van der Waals surface area (Å²) < 4.78 is 0.676. The molecule has 4 nitrogen and oxygen atoms in total. The Bertz CT molecular complexity index is 454. The first kappa shape index (κ1) is 14.7. The average Bonchev–Trinajstić information content (AvgIpc) is 2.34. The second-order valence-electron chi connectivity index (χ2n) is 3.22. The summed E-state index contributed by atoms with van der Waals surface area (Å²) in [6.07, 6.45) is 0. The van der Waals surface area contributed by atoms with Crippen LogP contribution in [0.1, 0.15) is 0 Å². The quantitative estimate of drug-likeness (QED) is 0.564. The lowest BCUT2D eigenvalue weighted by Gasteiger charge is -1.96. The first-order valence-electron chi connectivity index (χ1n) is 4.76. The lowest BCUT2D eigenvalue weighted by atomic mass is 10.3. The number of halogens is 2. The molecule has 0 aromatic heterocycles. The summed E-state index contributed by atoms with van der Waals surface area (Å²) in [5, 5.41) is 35.6. The molecule has 0 aliphatic heterocycles. The maximum absolute atomic E-state index is 8.89. The topological polar surface area (TPSA) is 80.9 Å². The van der Waals surface area contributed by atoms with Crippen molar-refractivity contribution in [3.8, 4) is 23.0 Å². The van der Waals surface area contributed by atoms with E-state index in [9.17, 15) is 0 Å². The number of phenols is 4. The summed E-state index contributed by atoms with van der Waals surface area (Å²) in [6, 6.07) is 9.09. The standard InChI is InChI=1S/2C6H5BrO2/c2*7-6-4(8)2-1-3-5(6)9/h2*1-3,8-9H. The zero-order valence-electron chi connectivity index (χ0n) is 9.01. The van der Waals surface area contributed by atoms with E-state index in [0.717, 1.165) is 0 Å². The van der Waals surface area contributed by atoms with Gasteiger partial charge in [-0.25, -0.2) is 0 Å². The maximum atomic E-state index is 8.89. The minimum Gasteiger partial charge on any atom is -0.507 e. The monoisotopic (exact) mass is 376 g/mol. The van der Waals surface area contributed by atoms with Gasteiger partial charge in [0.1, 0.15) is 31.9 Å². The molecule has 0 heterocycles. The molecule has 0 aliphatic rings. The minimum atomic E-state index is 0.0509. The summed E-state index contributed by atoms with van der Waals surface area (Å²) in [7, 11) is 0. The molecule has 0 spiro atoms. The van der Waals surface area contributed by atoms with E-state index >= 15 is 0 Å². The van der Waals surface area contributed by atoms with Crippen molar-refractivity contribution in [3.63, 3.8) is 0 Å². The smallest absolute Gasteiger partial charge is 0.133 e. The molecule has 0 unspecified atom stereocenters. The number of hydrogen-bond donors (Lipinski definition) is 4. The SMILES string of the molecule is Oc1cccc(O)c1Br.Oc1cccc(O)c1Br. The zero-order valence-corrected chi connectivity index (χ0v) is 12.2. The normalized spacial score (nSPS) is 9.44. The summed E-state index contributed by atoms with van der Waals surface area (Å²) in [5.41, 5.74) is 0. The molecule has 0 saturated heterocycles. The Balaban J connectivity index is 0.000000180. The van der Waals surface area contributed by atoms with Crippen LogP contribution < -0.4 is 0 Å². The van der Waals surface area contributed by atoms with E-state index in [1.165, 1.54) is 24.3 Å². The second-order valence-corrected chi connectivity index (χ2v) is 4.81. The van der Waals surface area contributed by atoms with Crippen molar-refractivity contribution in [3.05, 3.63) is 45.3 Å². The highest BCUT2D eigenvalue weighted by Crippen LogP contribution is 2.32. The van der Waals surface area contributed by atoms with Gasteiger partial charge in [-0.2, -0.15) is 0 Å². The lowest BCUT2D eigenvalue weighted by molar-refractivity contribution is 0.443. The molecular weight excluding hydrogens is 368 g/mol. The van der Waals surface area contributed by atoms with Crippen molar-refractivity contribution in [2.45, 2.75) is 0 Å². The molecule has 0 bridgehead atoms. The molecule has 18 heavy (non-hydrogen) atoms. The summed E-state index contributed by atoms with van der Waals surface area (Å²) in [5.74, 6) is 0.204. The van der Waals surface area contributed by atoms with Gasteiger partial charge in [0, 0.05) is 0 Å². The molecule has 2 aromatic rings. The predicted molar refractivity (Wildman–Crippen MR) is 74.9 cm³/mol. The van der Waals surface area contributed by atoms with Crippen LogP contribution in [-0.2, 0) is 0 Å². The molecule has 0 saturated carbocycles. The van der Waals surface area contributed by atoms with Crippen molar-refractivity contribution in [2.24, 2.45) is 0 Å². The van der Waals surface area contributed by atoms with Crippen LogP contribution >= 0.6 is 31.9 Å². The lowest BCUT2D eigenvalue weighted by Crippen LogP contribution is -1.68. The molecule has 6 heteroatoms. The van der Waals surface area contributed by atoms with Crippen LogP contribution in [0, 0.1) is 0 Å². The predicted octanol–water partition coefficient (Wildman–Crippen LogP) is 3.72. The molecule has 2 rings (SSSR count). The molecule has 0 aliphatic carbocycles. The Morgan fingerprint density at radius 2 is 0.778 bits per heavy atom. The third-order valence-electron chi connectivity index (χ3n) is 1.92. The fourth-order valence-electron chi connectivity index (χ4n) is 1.02. The summed E-state index contributed by atoms with van der Waals surface area (Å²) >= 11 is 5.96. The van der Waals surface area contributed by atoms with Gasteiger partial charge in [0.25, 0.3) is 0 Å². The highest BCUT2D eigenvalue weighted by atomic mass is 79.9. The fraction of sp³-hybridized carbons (Fsp3) is 0. The Morgan fingerprint density at radius 3 is 0.944 bits per heavy atom. The third-order valence-corrected chi connectivity index (χ3v) is 3.54. The highest BCUT2D eigenvalue weighted by Gasteiger charge is 2.00. The Kier molecular flexibility index (Phi) is 5.30. The molecule has 4 N–H and O–H groups in total. The molecular formula is C12H10Br2O4. The van der Waals surface area contributed by atoms with Crippen molar-refractivity contribution in [1.82, 2.24) is 0 Å². The van der Waals surface area contributed by atoms with E-state index in [4.69, 9.17) is 20.4 Å². The Morgan fingerprint density at radius 1 is 0.556 bits per heavy atom. The van der Waals surface area contributed by atoms with E-state index in [1.807, 2.05) is 0 Å². The Hall–Kier alpha value is -1.40. The Labute approximate surface area is 120 Å². The van der Waals surface area contributed by atoms with Gasteiger partial charge in [0.15, 0.2) is 0 Å². The largest absolute Gasteiger partial charge is 0.507 e. The van der Waals surface area contributed by atoms with E-state index in [0.29, 0.717) is 8.95 Å². The van der Waals surface area contributed by atoms with Gasteiger partial charge in [-0.1, -0.05) is 12.1 Å². The second kappa shape index (κ2) is 6.51. The maximum Gasteiger partial charge on any atom is 0.133 e. The van der Waals surface area contributed by atoms with Gasteiger partial charge in [0.05, 0.1) is 0 Å². The van der Waals surface area contributed by atoms with Crippen LogP contribution in [-0.4, -0.2) is 20.4 Å². The van der Waals surface area contributed by atoms with Crippen LogP contribution in [0.4, 0.5) is 0 Å². The number of hydrogen-bond acceptors (Lipinski definition) is 4. The van der Waals surface area contributed by atoms with Crippen molar-refractivity contribution in [1.29, 1.82) is 0 Å². The number of aromatic hydroxyl groups is 4. The van der Waals surface area contributed by atoms with E-state index in [2.05, 4.69) is 31.9 Å². The fourth-order valence-corrected chi connectivity index (χ4v) is 1.54. The molecule has 0 amide bonds. The van der Waals surface area contributed by atoms with Crippen molar-refractivity contribution >= 4 is 31.9 Å². The van der Waals surface area contributed by atoms with Gasteiger partial charge in [0.2, 0.25) is 0 Å². The zero-order chi connectivity index (χ0) is 13.7. The van der Waals surface area contributed by atoms with Gasteiger partial charge >= 0.3 is 0 Å². The van der Waals surface area contributed by atoms with E-state index in [1.54, 1.807) is 12.1 Å². The highest BCUT2D eigenvalue weighted by molar-refractivity contribution is 9.11. The van der Waals surface area contributed by atoms with Crippen LogP contribution in [0.5, 0.6) is 23.0 Å². The van der Waals surface area contributed by atoms with Crippen LogP contribution in [0.25, 0.3) is 0 Å². The third kappa shape index (κ3) is 3.82. The molecule has 96 valence electrons. The minimum absolute atomic E-state index is 0.0509. The van der Waals surface area contributed by atoms with Gasteiger partial charge in [-0.3, -0.25) is 0 Å². The number of phenolic OH excluding ortho intramolecular Hbond substituents is 4. The average molecular weight is 378 g/mol. The first-order valence-corrected chi connectivity index (χ1v) is 6.35. The molecule has 0 radical (unpaired) electrons. The summed E-state index contributed by atoms with van der Waals surface area (Å²) in [4.78, 5) is 0. The van der Waals surface area contributed by atoms with Crippen LogP contribution in [0.15, 0.2) is 45.3 Å². The summed E-state index contributed by atoms with van der Waals surface area (Å²) in [6.45, 7) is 0. The number of rotatable bonds is 0. The van der Waals surface area contributed by atoms with E-state index < -0.39 is 0 Å². The molecule has 0 atom stereocenters. The van der Waals surface area contributed by atoms with Crippen molar-refractivity contribution < 1.29 is 20.4 Å². The van der Waals surface area contributed by atoms with Crippen LogP contribution in [0.3, 0.4) is 0 Å². The first-order chi connectivity index (χ1) is 8.43.